The van der Waals surface area contributed by atoms with Crippen molar-refractivity contribution in [1.82, 2.24) is 10.2 Å². The van der Waals surface area contributed by atoms with Gasteiger partial charge in [-0.05, 0) is 19.8 Å². The number of carbonyl (C=O) groups is 2. The van der Waals surface area contributed by atoms with Crippen LogP contribution in [0.25, 0.3) is 0 Å². The zero-order valence-electron chi connectivity index (χ0n) is 9.41. The van der Waals surface area contributed by atoms with Crippen molar-refractivity contribution in [2.24, 2.45) is 0 Å². The van der Waals surface area contributed by atoms with E-state index < -0.39 is 17.7 Å². The SMILES string of the molecule is CCC1(CC)C(=O)NC(=O)N1CC(C)O. The molecule has 1 saturated heterocycles. The molecule has 0 aromatic rings. The molecule has 1 atom stereocenters. The van der Waals surface area contributed by atoms with Gasteiger partial charge in [-0.25, -0.2) is 4.79 Å². The summed E-state index contributed by atoms with van der Waals surface area (Å²) in [5, 5.41) is 11.6. The maximum absolute atomic E-state index is 11.7. The minimum absolute atomic E-state index is 0.194. The molecule has 1 heterocycles. The maximum atomic E-state index is 11.7. The Bertz CT molecular complexity index is 272. The fraction of sp³-hybridized carbons (Fsp3) is 0.800. The summed E-state index contributed by atoms with van der Waals surface area (Å²) in [4.78, 5) is 24.7. The van der Waals surface area contributed by atoms with E-state index in [1.807, 2.05) is 13.8 Å². The molecule has 1 aliphatic heterocycles. The minimum Gasteiger partial charge on any atom is -0.392 e. The zero-order valence-corrected chi connectivity index (χ0v) is 9.41. The number of hydrogen-bond donors (Lipinski definition) is 2. The van der Waals surface area contributed by atoms with Crippen LogP contribution < -0.4 is 5.32 Å². The zero-order chi connectivity index (χ0) is 11.6. The highest BCUT2D eigenvalue weighted by molar-refractivity contribution is 6.06. The first-order valence-corrected chi connectivity index (χ1v) is 5.29. The number of hydrogen-bond acceptors (Lipinski definition) is 3. The highest BCUT2D eigenvalue weighted by atomic mass is 16.3. The van der Waals surface area contributed by atoms with Crippen molar-refractivity contribution < 1.29 is 14.7 Å². The largest absolute Gasteiger partial charge is 0.392 e. The van der Waals surface area contributed by atoms with Gasteiger partial charge >= 0.3 is 6.03 Å². The molecule has 5 nitrogen and oxygen atoms in total. The quantitative estimate of drug-likeness (QED) is 0.669. The van der Waals surface area contributed by atoms with Gasteiger partial charge < -0.3 is 10.0 Å². The topological polar surface area (TPSA) is 69.6 Å². The standard InChI is InChI=1S/C10H18N2O3/c1-4-10(5-2)8(14)11-9(15)12(10)6-7(3)13/h7,13H,4-6H2,1-3H3,(H,11,14,15). The van der Waals surface area contributed by atoms with Crippen LogP contribution in [0.4, 0.5) is 4.79 Å². The molecule has 0 radical (unpaired) electrons. The van der Waals surface area contributed by atoms with E-state index in [0.29, 0.717) is 12.8 Å². The van der Waals surface area contributed by atoms with Crippen LogP contribution in [0.5, 0.6) is 0 Å². The number of amides is 3. The fourth-order valence-corrected chi connectivity index (χ4v) is 2.07. The van der Waals surface area contributed by atoms with E-state index >= 15 is 0 Å². The number of rotatable bonds is 4. The number of aliphatic hydroxyl groups excluding tert-OH is 1. The minimum atomic E-state index is -0.770. The monoisotopic (exact) mass is 214 g/mol. The van der Waals surface area contributed by atoms with Crippen molar-refractivity contribution in [3.63, 3.8) is 0 Å². The summed E-state index contributed by atoms with van der Waals surface area (Å²) in [6.07, 6.45) is 0.501. The van der Waals surface area contributed by atoms with E-state index in [9.17, 15) is 14.7 Å². The Morgan fingerprint density at radius 2 is 1.93 bits per heavy atom. The lowest BCUT2D eigenvalue weighted by molar-refractivity contribution is -0.127. The van der Waals surface area contributed by atoms with Crippen molar-refractivity contribution in [2.45, 2.75) is 45.3 Å². The average Bonchev–Trinajstić information content (AvgIpc) is 2.39. The molecule has 0 aliphatic carbocycles. The van der Waals surface area contributed by atoms with Crippen LogP contribution >= 0.6 is 0 Å². The molecule has 2 N–H and O–H groups in total. The molecule has 15 heavy (non-hydrogen) atoms. The number of nitrogens with one attached hydrogen (secondary N) is 1. The third kappa shape index (κ3) is 1.84. The summed E-state index contributed by atoms with van der Waals surface area (Å²) in [6, 6.07) is -0.399. The van der Waals surface area contributed by atoms with Crippen LogP contribution in [0, 0.1) is 0 Å². The number of β-amino-alcohol motifs (C(OH)–C–C–N with tert-alkyl or cyclic N) is 1. The molecule has 0 spiro atoms. The lowest BCUT2D eigenvalue weighted by Crippen LogP contribution is -2.50. The summed E-state index contributed by atoms with van der Waals surface area (Å²) < 4.78 is 0. The van der Waals surface area contributed by atoms with Crippen LogP contribution in [-0.2, 0) is 4.79 Å². The van der Waals surface area contributed by atoms with Gasteiger partial charge in [-0.3, -0.25) is 10.1 Å². The summed E-state index contributed by atoms with van der Waals surface area (Å²) >= 11 is 0. The molecule has 3 amide bonds. The van der Waals surface area contributed by atoms with Gasteiger partial charge in [0, 0.05) is 6.54 Å². The van der Waals surface area contributed by atoms with Gasteiger partial charge in [0.05, 0.1) is 6.10 Å². The summed E-state index contributed by atoms with van der Waals surface area (Å²) in [5.74, 6) is -0.252. The van der Waals surface area contributed by atoms with Crippen LogP contribution in [0.15, 0.2) is 0 Å². The van der Waals surface area contributed by atoms with Crippen LogP contribution in [0.3, 0.4) is 0 Å². The third-order valence-electron chi connectivity index (χ3n) is 3.02. The first-order valence-electron chi connectivity index (χ1n) is 5.29. The predicted molar refractivity (Wildman–Crippen MR) is 55.2 cm³/mol. The van der Waals surface area contributed by atoms with Crippen molar-refractivity contribution in [2.75, 3.05) is 6.54 Å². The van der Waals surface area contributed by atoms with Gasteiger partial charge in [0.1, 0.15) is 5.54 Å². The Hall–Kier alpha value is -1.10. The number of nitrogens with zero attached hydrogens (tertiary/aromatic N) is 1. The van der Waals surface area contributed by atoms with Crippen LogP contribution in [-0.4, -0.2) is 40.1 Å². The second-order valence-corrected chi connectivity index (χ2v) is 3.96. The fourth-order valence-electron chi connectivity index (χ4n) is 2.07. The van der Waals surface area contributed by atoms with Gasteiger partial charge in [0.15, 0.2) is 0 Å². The first-order chi connectivity index (χ1) is 6.97. The van der Waals surface area contributed by atoms with Gasteiger partial charge in [0.2, 0.25) is 0 Å². The van der Waals surface area contributed by atoms with E-state index in [1.54, 1.807) is 6.92 Å². The Morgan fingerprint density at radius 1 is 1.40 bits per heavy atom. The number of imide groups is 1. The van der Waals surface area contributed by atoms with E-state index in [-0.39, 0.29) is 12.5 Å². The number of urea groups is 1. The van der Waals surface area contributed by atoms with Crippen LogP contribution in [0.2, 0.25) is 0 Å². The second kappa shape index (κ2) is 4.18. The molecule has 1 fully saturated rings. The second-order valence-electron chi connectivity index (χ2n) is 3.96. The third-order valence-corrected chi connectivity index (χ3v) is 3.02. The molecule has 1 rings (SSSR count). The van der Waals surface area contributed by atoms with Crippen molar-refractivity contribution in [3.05, 3.63) is 0 Å². The molecular weight excluding hydrogens is 196 g/mol. The van der Waals surface area contributed by atoms with E-state index in [1.165, 1.54) is 4.90 Å². The van der Waals surface area contributed by atoms with Crippen molar-refractivity contribution >= 4 is 11.9 Å². The Morgan fingerprint density at radius 3 is 2.33 bits per heavy atom. The lowest BCUT2D eigenvalue weighted by atomic mass is 9.91. The maximum Gasteiger partial charge on any atom is 0.325 e. The van der Waals surface area contributed by atoms with E-state index in [2.05, 4.69) is 5.32 Å². The first kappa shape index (κ1) is 12.0. The molecule has 1 unspecified atom stereocenters. The predicted octanol–water partition coefficient (Wildman–Crippen LogP) is 0.478. The van der Waals surface area contributed by atoms with Gasteiger partial charge in [-0.15, -0.1) is 0 Å². The van der Waals surface area contributed by atoms with Gasteiger partial charge in [0.25, 0.3) is 5.91 Å². The Labute approximate surface area is 89.4 Å². The summed E-state index contributed by atoms with van der Waals surface area (Å²) in [7, 11) is 0. The van der Waals surface area contributed by atoms with Gasteiger partial charge in [-0.1, -0.05) is 13.8 Å². The van der Waals surface area contributed by atoms with Crippen molar-refractivity contribution in [1.29, 1.82) is 0 Å². The molecule has 5 heteroatoms. The molecule has 0 aromatic carbocycles. The smallest absolute Gasteiger partial charge is 0.325 e. The lowest BCUT2D eigenvalue weighted by Gasteiger charge is -2.34. The molecular formula is C10H18N2O3. The molecule has 1 aliphatic rings. The Kier molecular flexibility index (Phi) is 3.34. The van der Waals surface area contributed by atoms with Gasteiger partial charge in [-0.2, -0.15) is 0 Å². The van der Waals surface area contributed by atoms with E-state index in [0.717, 1.165) is 0 Å². The normalized spacial score (nSPS) is 21.7. The summed E-state index contributed by atoms with van der Waals surface area (Å²) in [6.45, 7) is 5.54. The summed E-state index contributed by atoms with van der Waals surface area (Å²) in [5.41, 5.74) is -0.770. The number of aliphatic hydroxyl groups is 1. The molecule has 86 valence electrons. The molecule has 0 bridgehead atoms. The highest BCUT2D eigenvalue weighted by Gasteiger charge is 2.50. The average molecular weight is 214 g/mol. The van der Waals surface area contributed by atoms with Crippen molar-refractivity contribution in [3.8, 4) is 0 Å². The highest BCUT2D eigenvalue weighted by Crippen LogP contribution is 2.29. The van der Waals surface area contributed by atoms with E-state index in [4.69, 9.17) is 0 Å². The number of carbonyl (C=O) groups excluding carboxylic acids is 2. The Balaban J connectivity index is 2.98. The molecule has 0 aromatic heterocycles. The molecule has 0 saturated carbocycles. The van der Waals surface area contributed by atoms with Crippen LogP contribution in [0.1, 0.15) is 33.6 Å².